The van der Waals surface area contributed by atoms with E-state index in [-0.39, 0.29) is 29.2 Å². The van der Waals surface area contributed by atoms with E-state index in [1.807, 2.05) is 6.92 Å². The Hall–Kier alpha value is -2.60. The van der Waals surface area contributed by atoms with E-state index in [4.69, 9.17) is 10.5 Å². The Balaban J connectivity index is 2.77. The molecule has 0 saturated heterocycles. The van der Waals surface area contributed by atoms with Crippen LogP contribution in [0.5, 0.6) is 0 Å². The zero-order chi connectivity index (χ0) is 13.7. The molecule has 1 aromatic heterocycles. The zero-order valence-electron chi connectivity index (χ0n) is 10.2. The number of hydrogen-bond donors (Lipinski definition) is 2. The second-order valence-electron chi connectivity index (χ2n) is 4.08. The van der Waals surface area contributed by atoms with Gasteiger partial charge < -0.3 is 4.98 Å². The van der Waals surface area contributed by atoms with Crippen molar-refractivity contribution in [2.45, 2.75) is 20.3 Å². The molecule has 0 aliphatic carbocycles. The van der Waals surface area contributed by atoms with Crippen LogP contribution in [-0.4, -0.2) is 15.9 Å². The highest BCUT2D eigenvalue weighted by Crippen LogP contribution is 2.13. The van der Waals surface area contributed by atoms with E-state index >= 15 is 0 Å². The van der Waals surface area contributed by atoms with Gasteiger partial charge in [0.2, 0.25) is 11.9 Å². The van der Waals surface area contributed by atoms with Crippen LogP contribution in [0, 0.1) is 28.6 Å². The van der Waals surface area contributed by atoms with Crippen molar-refractivity contribution in [1.82, 2.24) is 9.97 Å². The predicted molar refractivity (Wildman–Crippen MR) is 65.2 cm³/mol. The number of carbonyl (C=O) groups is 1. The van der Waals surface area contributed by atoms with Gasteiger partial charge in [0.25, 0.3) is 0 Å². The number of aromatic nitrogens is 2. The lowest BCUT2D eigenvalue weighted by molar-refractivity contribution is -0.119. The Bertz CT molecular complexity index is 527. The van der Waals surface area contributed by atoms with Crippen molar-refractivity contribution in [2.24, 2.45) is 5.92 Å². The fourth-order valence-electron chi connectivity index (χ4n) is 1.45. The first-order valence-electron chi connectivity index (χ1n) is 5.33. The Kier molecular flexibility index (Phi) is 4.22. The van der Waals surface area contributed by atoms with Crippen LogP contribution in [0.2, 0.25) is 0 Å². The number of nitrogens with one attached hydrogen (secondary N) is 2. The Morgan fingerprint density at radius 2 is 2.22 bits per heavy atom. The smallest absolute Gasteiger partial charge is 0.229 e. The molecular weight excluding hydrogens is 230 g/mol. The molecule has 1 unspecified atom stereocenters. The highest BCUT2D eigenvalue weighted by atomic mass is 16.2. The summed E-state index contributed by atoms with van der Waals surface area (Å²) in [5.74, 6) is -0.369. The number of H-pyrrole nitrogens is 1. The van der Waals surface area contributed by atoms with Crippen molar-refractivity contribution >= 4 is 11.9 Å². The number of amides is 1. The van der Waals surface area contributed by atoms with E-state index in [2.05, 4.69) is 21.9 Å². The standard InChI is InChI=1S/C12H13N5O/c1-7(2)4-8(3)11(18)17-12-15-9(5-13)10(6-14)16-12/h8H,1,4H2,2-3H3,(H2,15,16,17,18). The minimum atomic E-state index is -0.247. The molecule has 18 heavy (non-hydrogen) atoms. The number of allylic oxidation sites excluding steroid dienone is 1. The van der Waals surface area contributed by atoms with Gasteiger partial charge in [0.15, 0.2) is 11.4 Å². The zero-order valence-corrected chi connectivity index (χ0v) is 10.2. The second kappa shape index (κ2) is 5.65. The quantitative estimate of drug-likeness (QED) is 0.785. The molecular formula is C12H13N5O. The van der Waals surface area contributed by atoms with E-state index in [1.54, 1.807) is 19.1 Å². The first-order valence-corrected chi connectivity index (χ1v) is 5.33. The third-order valence-corrected chi connectivity index (χ3v) is 2.27. The molecule has 0 aromatic carbocycles. The summed E-state index contributed by atoms with van der Waals surface area (Å²) in [7, 11) is 0. The molecule has 0 bridgehead atoms. The Labute approximate surface area is 105 Å². The number of imidazole rings is 1. The van der Waals surface area contributed by atoms with Crippen LogP contribution in [0.4, 0.5) is 5.95 Å². The van der Waals surface area contributed by atoms with E-state index in [0.29, 0.717) is 6.42 Å². The van der Waals surface area contributed by atoms with Crippen molar-refractivity contribution in [1.29, 1.82) is 10.5 Å². The Morgan fingerprint density at radius 1 is 1.56 bits per heavy atom. The van der Waals surface area contributed by atoms with Crippen LogP contribution in [0.25, 0.3) is 0 Å². The molecule has 1 heterocycles. The van der Waals surface area contributed by atoms with Crippen molar-refractivity contribution in [3.8, 4) is 12.1 Å². The van der Waals surface area contributed by atoms with Gasteiger partial charge in [0, 0.05) is 5.92 Å². The molecule has 0 aliphatic heterocycles. The molecule has 6 heteroatoms. The fourth-order valence-corrected chi connectivity index (χ4v) is 1.45. The maximum atomic E-state index is 11.8. The van der Waals surface area contributed by atoms with Gasteiger partial charge >= 0.3 is 0 Å². The maximum Gasteiger partial charge on any atom is 0.229 e. The summed E-state index contributed by atoms with van der Waals surface area (Å²) in [6.07, 6.45) is 0.572. The summed E-state index contributed by atoms with van der Waals surface area (Å²) < 4.78 is 0. The van der Waals surface area contributed by atoms with E-state index in [0.717, 1.165) is 5.57 Å². The monoisotopic (exact) mass is 243 g/mol. The summed E-state index contributed by atoms with van der Waals surface area (Å²) in [5, 5.41) is 20.0. The van der Waals surface area contributed by atoms with Crippen LogP contribution in [-0.2, 0) is 4.79 Å². The van der Waals surface area contributed by atoms with Gasteiger partial charge in [-0.3, -0.25) is 10.1 Å². The van der Waals surface area contributed by atoms with Crippen LogP contribution >= 0.6 is 0 Å². The van der Waals surface area contributed by atoms with Gasteiger partial charge in [0.05, 0.1) is 0 Å². The van der Waals surface area contributed by atoms with Crippen molar-refractivity contribution in [3.63, 3.8) is 0 Å². The molecule has 1 atom stereocenters. The molecule has 0 spiro atoms. The van der Waals surface area contributed by atoms with Crippen LogP contribution in [0.15, 0.2) is 12.2 Å². The fraction of sp³-hybridized carbons (Fsp3) is 0.333. The van der Waals surface area contributed by atoms with E-state index < -0.39 is 0 Å². The van der Waals surface area contributed by atoms with Gasteiger partial charge in [-0.15, -0.1) is 6.58 Å². The number of nitriles is 2. The van der Waals surface area contributed by atoms with Crippen LogP contribution in [0.1, 0.15) is 31.7 Å². The minimum absolute atomic E-state index is 0.0274. The molecule has 1 aromatic rings. The van der Waals surface area contributed by atoms with Gasteiger partial charge in [-0.1, -0.05) is 12.5 Å². The van der Waals surface area contributed by atoms with Gasteiger partial charge in [-0.2, -0.15) is 10.5 Å². The average molecular weight is 243 g/mol. The summed E-state index contributed by atoms with van der Waals surface area (Å²) in [5.41, 5.74) is 0.924. The van der Waals surface area contributed by atoms with Crippen molar-refractivity contribution in [2.75, 3.05) is 5.32 Å². The highest BCUT2D eigenvalue weighted by Gasteiger charge is 2.16. The number of carbonyl (C=O) groups excluding carboxylic acids is 1. The molecule has 2 N–H and O–H groups in total. The van der Waals surface area contributed by atoms with Crippen LogP contribution in [0.3, 0.4) is 0 Å². The first kappa shape index (κ1) is 13.5. The predicted octanol–water partition coefficient (Wildman–Crippen LogP) is 1.69. The lowest BCUT2D eigenvalue weighted by Gasteiger charge is -2.09. The summed E-state index contributed by atoms with van der Waals surface area (Å²) >= 11 is 0. The second-order valence-corrected chi connectivity index (χ2v) is 4.08. The molecule has 92 valence electrons. The molecule has 0 saturated carbocycles. The minimum Gasteiger partial charge on any atom is -0.314 e. The highest BCUT2D eigenvalue weighted by molar-refractivity contribution is 5.91. The topological polar surface area (TPSA) is 105 Å². The van der Waals surface area contributed by atoms with Crippen LogP contribution < -0.4 is 5.32 Å². The number of aromatic amines is 1. The normalized spacial score (nSPS) is 11.1. The molecule has 0 fully saturated rings. The largest absolute Gasteiger partial charge is 0.314 e. The van der Waals surface area contributed by atoms with E-state index in [1.165, 1.54) is 0 Å². The van der Waals surface area contributed by atoms with Gasteiger partial charge in [-0.05, 0) is 13.3 Å². The molecule has 0 aliphatic rings. The number of anilines is 1. The SMILES string of the molecule is C=C(C)CC(C)C(=O)Nc1nc(C#N)c(C#N)[nH]1. The molecule has 0 radical (unpaired) electrons. The lowest BCUT2D eigenvalue weighted by Crippen LogP contribution is -2.21. The third-order valence-electron chi connectivity index (χ3n) is 2.27. The third kappa shape index (κ3) is 3.19. The molecule has 1 rings (SSSR count). The van der Waals surface area contributed by atoms with Crippen molar-refractivity contribution < 1.29 is 4.79 Å². The summed E-state index contributed by atoms with van der Waals surface area (Å²) in [6, 6.07) is 3.57. The maximum absolute atomic E-state index is 11.8. The van der Waals surface area contributed by atoms with Gasteiger partial charge in [0.1, 0.15) is 12.1 Å². The number of nitrogens with zero attached hydrogens (tertiary/aromatic N) is 3. The average Bonchev–Trinajstić information content (AvgIpc) is 2.70. The first-order chi connectivity index (χ1) is 8.47. The summed E-state index contributed by atoms with van der Waals surface area (Å²) in [6.45, 7) is 7.35. The Morgan fingerprint density at radius 3 is 2.67 bits per heavy atom. The molecule has 6 nitrogen and oxygen atoms in total. The number of hydrogen-bond acceptors (Lipinski definition) is 4. The number of rotatable bonds is 4. The van der Waals surface area contributed by atoms with Crippen molar-refractivity contribution in [3.05, 3.63) is 23.5 Å². The van der Waals surface area contributed by atoms with E-state index in [9.17, 15) is 4.79 Å². The molecule has 1 amide bonds. The lowest BCUT2D eigenvalue weighted by atomic mass is 10.0. The van der Waals surface area contributed by atoms with Gasteiger partial charge in [-0.25, -0.2) is 4.98 Å². The summed E-state index contributed by atoms with van der Waals surface area (Å²) in [4.78, 5) is 18.1.